The van der Waals surface area contributed by atoms with Crippen molar-refractivity contribution >= 4 is 33.4 Å². The van der Waals surface area contributed by atoms with Crippen LogP contribution in [0.2, 0.25) is 5.02 Å². The van der Waals surface area contributed by atoms with Crippen LogP contribution < -0.4 is 4.74 Å². The Morgan fingerprint density at radius 1 is 1.55 bits per heavy atom. The smallest absolute Gasteiger partial charge is 0.260 e. The number of halogens is 2. The van der Waals surface area contributed by atoms with Gasteiger partial charge in [0.2, 0.25) is 0 Å². The Bertz CT molecular complexity index is 515. The Morgan fingerprint density at radius 3 is 2.75 bits per heavy atom. The van der Waals surface area contributed by atoms with Crippen LogP contribution in [-0.2, 0) is 4.79 Å². The summed E-state index contributed by atoms with van der Waals surface area (Å²) >= 11 is 9.16. The van der Waals surface area contributed by atoms with Crippen molar-refractivity contribution in [3.05, 3.63) is 27.7 Å². The second-order valence-electron chi connectivity index (χ2n) is 5.37. The molecular formula is C14H17BrClNO3. The van der Waals surface area contributed by atoms with E-state index >= 15 is 0 Å². The Labute approximate surface area is 131 Å². The first-order chi connectivity index (χ1) is 9.32. The quantitative estimate of drug-likeness (QED) is 0.896. The maximum Gasteiger partial charge on any atom is 0.260 e. The average Bonchev–Trinajstić information content (AvgIpc) is 2.33. The van der Waals surface area contributed by atoms with E-state index in [1.54, 1.807) is 23.1 Å². The number of carbonyl (C=O) groups excluding carboxylic acids is 1. The van der Waals surface area contributed by atoms with Gasteiger partial charge in [-0.25, -0.2) is 0 Å². The first kappa shape index (κ1) is 15.6. The summed E-state index contributed by atoms with van der Waals surface area (Å²) in [4.78, 5) is 13.5. The van der Waals surface area contributed by atoms with Crippen LogP contribution in [0, 0.1) is 5.92 Å². The van der Waals surface area contributed by atoms with Crippen LogP contribution >= 0.6 is 27.5 Å². The van der Waals surface area contributed by atoms with E-state index in [0.717, 1.165) is 0 Å². The largest absolute Gasteiger partial charge is 0.483 e. The highest BCUT2D eigenvalue weighted by Crippen LogP contribution is 2.30. The number of hydrogen-bond donors (Lipinski definition) is 1. The van der Waals surface area contributed by atoms with E-state index in [2.05, 4.69) is 15.9 Å². The van der Waals surface area contributed by atoms with Gasteiger partial charge in [-0.15, -0.1) is 0 Å². The van der Waals surface area contributed by atoms with E-state index in [-0.39, 0.29) is 18.4 Å². The molecule has 1 amide bonds. The van der Waals surface area contributed by atoms with Gasteiger partial charge in [0.1, 0.15) is 11.4 Å². The summed E-state index contributed by atoms with van der Waals surface area (Å²) in [5, 5.41) is 10.7. The maximum atomic E-state index is 11.9. The van der Waals surface area contributed by atoms with E-state index in [4.69, 9.17) is 16.3 Å². The summed E-state index contributed by atoms with van der Waals surface area (Å²) in [5.41, 5.74) is -0.753. The molecule has 1 aliphatic rings. The van der Waals surface area contributed by atoms with Crippen molar-refractivity contribution in [2.45, 2.75) is 19.4 Å². The molecule has 2 rings (SSSR count). The second kappa shape index (κ2) is 5.92. The monoisotopic (exact) mass is 361 g/mol. The highest BCUT2D eigenvalue weighted by molar-refractivity contribution is 9.10. The summed E-state index contributed by atoms with van der Waals surface area (Å²) in [7, 11) is 0. The van der Waals surface area contributed by atoms with Gasteiger partial charge in [0.15, 0.2) is 6.61 Å². The van der Waals surface area contributed by atoms with Crippen LogP contribution in [-0.4, -0.2) is 41.2 Å². The molecule has 0 aliphatic carbocycles. The zero-order valence-corrected chi connectivity index (χ0v) is 13.7. The number of amides is 1. The summed E-state index contributed by atoms with van der Waals surface area (Å²) in [6.07, 6.45) is 0. The molecule has 0 saturated carbocycles. The molecule has 0 radical (unpaired) electrons. The fourth-order valence-corrected chi connectivity index (χ4v) is 2.78. The van der Waals surface area contributed by atoms with E-state index in [1.807, 2.05) is 13.8 Å². The minimum atomic E-state index is -0.753. The summed E-state index contributed by atoms with van der Waals surface area (Å²) in [5.74, 6) is 0.581. The summed E-state index contributed by atoms with van der Waals surface area (Å²) in [6.45, 7) is 4.59. The van der Waals surface area contributed by atoms with E-state index in [9.17, 15) is 9.90 Å². The fraction of sp³-hybridized carbons (Fsp3) is 0.500. The van der Waals surface area contributed by atoms with Crippen LogP contribution in [0.5, 0.6) is 5.75 Å². The van der Waals surface area contributed by atoms with Gasteiger partial charge in [0, 0.05) is 5.02 Å². The van der Waals surface area contributed by atoms with Crippen molar-refractivity contribution in [1.29, 1.82) is 0 Å². The molecular weight excluding hydrogens is 346 g/mol. The van der Waals surface area contributed by atoms with Crippen molar-refractivity contribution in [2.24, 2.45) is 5.92 Å². The molecule has 1 aromatic rings. The lowest BCUT2D eigenvalue weighted by molar-refractivity contribution is -0.165. The number of benzene rings is 1. The van der Waals surface area contributed by atoms with Crippen LogP contribution in [0.1, 0.15) is 13.8 Å². The fourth-order valence-electron chi connectivity index (χ4n) is 1.98. The number of ether oxygens (including phenoxy) is 1. The number of likely N-dealkylation sites (tertiary alicyclic amines) is 1. The van der Waals surface area contributed by atoms with Crippen LogP contribution in [0.15, 0.2) is 22.7 Å². The van der Waals surface area contributed by atoms with Crippen molar-refractivity contribution in [3.8, 4) is 5.75 Å². The third-order valence-corrected chi connectivity index (χ3v) is 4.46. The number of aliphatic hydroxyl groups is 1. The molecule has 1 aliphatic heterocycles. The highest BCUT2D eigenvalue weighted by atomic mass is 79.9. The Morgan fingerprint density at radius 2 is 2.20 bits per heavy atom. The molecule has 1 aromatic carbocycles. The lowest BCUT2D eigenvalue weighted by atomic mass is 9.83. The van der Waals surface area contributed by atoms with Crippen molar-refractivity contribution < 1.29 is 14.6 Å². The topological polar surface area (TPSA) is 49.8 Å². The second-order valence-corrected chi connectivity index (χ2v) is 6.66. The minimum absolute atomic E-state index is 0.0472. The van der Waals surface area contributed by atoms with Gasteiger partial charge in [0.05, 0.1) is 17.6 Å². The molecule has 6 heteroatoms. The van der Waals surface area contributed by atoms with Gasteiger partial charge in [-0.1, -0.05) is 25.4 Å². The Balaban J connectivity index is 1.85. The average molecular weight is 363 g/mol. The van der Waals surface area contributed by atoms with Crippen molar-refractivity contribution in [1.82, 2.24) is 4.90 Å². The van der Waals surface area contributed by atoms with Crippen LogP contribution in [0.25, 0.3) is 0 Å². The van der Waals surface area contributed by atoms with E-state index in [1.165, 1.54) is 0 Å². The number of hydrogen-bond acceptors (Lipinski definition) is 3. The van der Waals surface area contributed by atoms with Gasteiger partial charge in [-0.05, 0) is 40.0 Å². The Hall–Kier alpha value is -0.780. The molecule has 1 heterocycles. The number of rotatable bonds is 4. The molecule has 0 unspecified atom stereocenters. The highest BCUT2D eigenvalue weighted by Gasteiger charge is 2.45. The summed E-state index contributed by atoms with van der Waals surface area (Å²) in [6, 6.07) is 5.12. The van der Waals surface area contributed by atoms with Gasteiger partial charge in [-0.3, -0.25) is 4.79 Å². The summed E-state index contributed by atoms with van der Waals surface area (Å²) < 4.78 is 6.17. The molecule has 0 aromatic heterocycles. The predicted molar refractivity (Wildman–Crippen MR) is 81.0 cm³/mol. The zero-order valence-electron chi connectivity index (χ0n) is 11.4. The molecule has 0 atom stereocenters. The zero-order chi connectivity index (χ0) is 14.9. The molecule has 4 nitrogen and oxygen atoms in total. The van der Waals surface area contributed by atoms with Crippen molar-refractivity contribution in [2.75, 3.05) is 19.7 Å². The third kappa shape index (κ3) is 3.27. The molecule has 110 valence electrons. The normalized spacial score (nSPS) is 17.0. The van der Waals surface area contributed by atoms with Crippen LogP contribution in [0.4, 0.5) is 0 Å². The van der Waals surface area contributed by atoms with E-state index < -0.39 is 5.60 Å². The molecule has 0 spiro atoms. The van der Waals surface area contributed by atoms with Gasteiger partial charge >= 0.3 is 0 Å². The molecule has 0 bridgehead atoms. The van der Waals surface area contributed by atoms with Crippen LogP contribution in [0.3, 0.4) is 0 Å². The number of nitrogens with zero attached hydrogens (tertiary/aromatic N) is 1. The predicted octanol–water partition coefficient (Wildman–Crippen LogP) is 2.71. The SMILES string of the molecule is CC(C)C1(O)CN(C(=O)COc2ccc(Cl)cc2Br)C1. The first-order valence-electron chi connectivity index (χ1n) is 6.40. The molecule has 20 heavy (non-hydrogen) atoms. The number of carbonyl (C=O) groups is 1. The Kier molecular flexibility index (Phi) is 4.62. The molecule has 1 N–H and O–H groups in total. The lowest BCUT2D eigenvalue weighted by Gasteiger charge is -2.48. The minimum Gasteiger partial charge on any atom is -0.483 e. The van der Waals surface area contributed by atoms with Crippen molar-refractivity contribution in [3.63, 3.8) is 0 Å². The number of β-amino-alcohol motifs (C(OH)–C–C–N with tert-alkyl or cyclic N) is 1. The molecule has 1 saturated heterocycles. The van der Waals surface area contributed by atoms with Gasteiger partial charge in [-0.2, -0.15) is 0 Å². The maximum absolute atomic E-state index is 11.9. The standard InChI is InChI=1S/C14H17BrClNO3/c1-9(2)14(19)7-17(8-14)13(18)6-20-12-4-3-10(16)5-11(12)15/h3-5,9,19H,6-8H2,1-2H3. The van der Waals surface area contributed by atoms with E-state index in [0.29, 0.717) is 28.3 Å². The van der Waals surface area contributed by atoms with Gasteiger partial charge < -0.3 is 14.7 Å². The third-order valence-electron chi connectivity index (χ3n) is 3.60. The molecule has 1 fully saturated rings. The van der Waals surface area contributed by atoms with Gasteiger partial charge in [0.25, 0.3) is 5.91 Å². The lowest BCUT2D eigenvalue weighted by Crippen LogP contribution is -2.66. The first-order valence-corrected chi connectivity index (χ1v) is 7.57.